The predicted octanol–water partition coefficient (Wildman–Crippen LogP) is 1.57. The smallest absolute Gasteiger partial charge is 0.308 e. The normalized spacial score (nSPS) is 12.9. The highest BCUT2D eigenvalue weighted by Crippen LogP contribution is 2.13. The zero-order valence-corrected chi connectivity index (χ0v) is 13.7. The van der Waals surface area contributed by atoms with Crippen molar-refractivity contribution < 1.29 is 23.1 Å². The molecule has 2 N–H and O–H groups in total. The van der Waals surface area contributed by atoms with E-state index in [1.54, 1.807) is 0 Å². The van der Waals surface area contributed by atoms with Gasteiger partial charge in [0.15, 0.2) is 9.84 Å². The molecular formula is C15H21NO5S. The van der Waals surface area contributed by atoms with Gasteiger partial charge in [-0.15, -0.1) is 0 Å². The number of hydrogen-bond acceptors (Lipinski definition) is 4. The number of hydrogen-bond donors (Lipinski definition) is 2. The fourth-order valence-electron chi connectivity index (χ4n) is 2.03. The Kier molecular flexibility index (Phi) is 6.11. The molecule has 0 aliphatic carbocycles. The van der Waals surface area contributed by atoms with Crippen molar-refractivity contribution >= 4 is 21.7 Å². The summed E-state index contributed by atoms with van der Waals surface area (Å²) in [6, 6.07) is 5.66. The third-order valence-corrected chi connectivity index (χ3v) is 4.25. The van der Waals surface area contributed by atoms with Crippen LogP contribution in [0.4, 0.5) is 0 Å². The van der Waals surface area contributed by atoms with Crippen LogP contribution >= 0.6 is 0 Å². The summed E-state index contributed by atoms with van der Waals surface area (Å²) in [4.78, 5) is 23.2. The van der Waals surface area contributed by atoms with Crippen molar-refractivity contribution in [3.63, 3.8) is 0 Å². The van der Waals surface area contributed by atoms with Crippen molar-refractivity contribution in [2.45, 2.75) is 25.2 Å². The number of rotatable bonds is 7. The van der Waals surface area contributed by atoms with Gasteiger partial charge in [0.05, 0.1) is 10.8 Å². The Balaban J connectivity index is 2.79. The van der Waals surface area contributed by atoms with Crippen molar-refractivity contribution in [3.05, 3.63) is 29.8 Å². The molecule has 1 unspecified atom stereocenters. The largest absolute Gasteiger partial charge is 0.481 e. The maximum atomic E-state index is 12.0. The van der Waals surface area contributed by atoms with Gasteiger partial charge in [0, 0.05) is 18.4 Å². The van der Waals surface area contributed by atoms with Gasteiger partial charge in [0.1, 0.15) is 0 Å². The molecule has 7 heteroatoms. The highest BCUT2D eigenvalue weighted by Gasteiger charge is 2.20. The number of sulfone groups is 1. The number of carboxylic acid groups (broad SMARTS) is 1. The first-order valence-electron chi connectivity index (χ1n) is 6.92. The van der Waals surface area contributed by atoms with E-state index >= 15 is 0 Å². The maximum Gasteiger partial charge on any atom is 0.308 e. The van der Waals surface area contributed by atoms with E-state index in [9.17, 15) is 18.0 Å². The molecule has 0 radical (unpaired) electrons. The molecule has 0 aliphatic rings. The molecule has 1 rings (SSSR count). The fourth-order valence-corrected chi connectivity index (χ4v) is 2.69. The van der Waals surface area contributed by atoms with Crippen molar-refractivity contribution in [2.24, 2.45) is 11.8 Å². The molecule has 0 heterocycles. The second-order valence-corrected chi connectivity index (χ2v) is 7.69. The van der Waals surface area contributed by atoms with E-state index in [0.717, 1.165) is 6.26 Å². The first-order chi connectivity index (χ1) is 10.1. The SMILES string of the molecule is CC(C)CC(CNC(=O)c1cccc(S(C)(=O)=O)c1)C(=O)O. The zero-order chi connectivity index (χ0) is 16.9. The summed E-state index contributed by atoms with van der Waals surface area (Å²) in [5.41, 5.74) is 0.191. The molecule has 6 nitrogen and oxygen atoms in total. The lowest BCUT2D eigenvalue weighted by molar-refractivity contribution is -0.142. The Hall–Kier alpha value is -1.89. The second kappa shape index (κ2) is 7.40. The molecule has 1 amide bonds. The monoisotopic (exact) mass is 327 g/mol. The van der Waals surface area contributed by atoms with Gasteiger partial charge in [-0.25, -0.2) is 8.42 Å². The summed E-state index contributed by atoms with van der Waals surface area (Å²) in [7, 11) is -3.39. The minimum absolute atomic E-state index is 0.00937. The molecule has 0 saturated heterocycles. The van der Waals surface area contributed by atoms with Crippen LogP contribution in [0.2, 0.25) is 0 Å². The summed E-state index contributed by atoms with van der Waals surface area (Å²) in [5, 5.41) is 11.7. The molecule has 0 aromatic heterocycles. The number of carboxylic acids is 1. The van der Waals surface area contributed by atoms with Gasteiger partial charge >= 0.3 is 5.97 Å². The van der Waals surface area contributed by atoms with E-state index in [4.69, 9.17) is 5.11 Å². The topological polar surface area (TPSA) is 101 Å². The van der Waals surface area contributed by atoms with E-state index in [-0.39, 0.29) is 22.9 Å². The van der Waals surface area contributed by atoms with Gasteiger partial charge in [0.25, 0.3) is 5.91 Å². The molecule has 0 saturated carbocycles. The fraction of sp³-hybridized carbons (Fsp3) is 0.467. The number of benzene rings is 1. The Morgan fingerprint density at radius 2 is 1.91 bits per heavy atom. The highest BCUT2D eigenvalue weighted by molar-refractivity contribution is 7.90. The van der Waals surface area contributed by atoms with Crippen molar-refractivity contribution in [2.75, 3.05) is 12.8 Å². The Morgan fingerprint density at radius 3 is 2.41 bits per heavy atom. The second-order valence-electron chi connectivity index (χ2n) is 5.67. The third kappa shape index (κ3) is 5.48. The van der Waals surface area contributed by atoms with Crippen LogP contribution in [0.5, 0.6) is 0 Å². The number of carbonyl (C=O) groups is 2. The predicted molar refractivity (Wildman–Crippen MR) is 82.5 cm³/mol. The maximum absolute atomic E-state index is 12.0. The Bertz CT molecular complexity index is 652. The van der Waals surface area contributed by atoms with Crippen molar-refractivity contribution in [3.8, 4) is 0 Å². The van der Waals surface area contributed by atoms with Crippen LogP contribution in [-0.4, -0.2) is 38.2 Å². The van der Waals surface area contributed by atoms with Gasteiger partial charge in [-0.3, -0.25) is 9.59 Å². The van der Waals surface area contributed by atoms with Crippen molar-refractivity contribution in [1.29, 1.82) is 0 Å². The van der Waals surface area contributed by atoms with E-state index < -0.39 is 27.6 Å². The Morgan fingerprint density at radius 1 is 1.27 bits per heavy atom. The molecule has 22 heavy (non-hydrogen) atoms. The van der Waals surface area contributed by atoms with E-state index in [2.05, 4.69) is 5.32 Å². The van der Waals surface area contributed by atoms with E-state index in [1.807, 2.05) is 13.8 Å². The Labute approximate surface area is 130 Å². The van der Waals surface area contributed by atoms with Crippen LogP contribution in [0.3, 0.4) is 0 Å². The third-order valence-electron chi connectivity index (χ3n) is 3.14. The minimum atomic E-state index is -3.39. The highest BCUT2D eigenvalue weighted by atomic mass is 32.2. The summed E-state index contributed by atoms with van der Waals surface area (Å²) >= 11 is 0. The molecule has 1 atom stereocenters. The van der Waals surface area contributed by atoms with Crippen LogP contribution < -0.4 is 5.32 Å². The molecule has 0 aliphatic heterocycles. The number of carbonyl (C=O) groups excluding carboxylic acids is 1. The molecule has 0 fully saturated rings. The average molecular weight is 327 g/mol. The summed E-state index contributed by atoms with van der Waals surface area (Å²) in [5.74, 6) is -1.91. The van der Waals surface area contributed by atoms with Crippen LogP contribution in [0, 0.1) is 11.8 Å². The van der Waals surface area contributed by atoms with E-state index in [0.29, 0.717) is 6.42 Å². The zero-order valence-electron chi connectivity index (χ0n) is 12.9. The molecule has 0 bridgehead atoms. The van der Waals surface area contributed by atoms with Crippen LogP contribution in [0.1, 0.15) is 30.6 Å². The van der Waals surface area contributed by atoms with Gasteiger partial charge < -0.3 is 10.4 Å². The van der Waals surface area contributed by atoms with Gasteiger partial charge in [-0.05, 0) is 30.5 Å². The quantitative estimate of drug-likeness (QED) is 0.791. The molecule has 1 aromatic rings. The molecular weight excluding hydrogens is 306 g/mol. The molecule has 1 aromatic carbocycles. The summed E-state index contributed by atoms with van der Waals surface area (Å²) in [6.45, 7) is 3.83. The van der Waals surface area contributed by atoms with Crippen molar-refractivity contribution in [1.82, 2.24) is 5.32 Å². The van der Waals surface area contributed by atoms with Gasteiger partial charge in [0.2, 0.25) is 0 Å². The first kappa shape index (κ1) is 18.2. The number of nitrogens with one attached hydrogen (secondary N) is 1. The number of amides is 1. The average Bonchev–Trinajstić information content (AvgIpc) is 2.41. The summed E-state index contributed by atoms with van der Waals surface area (Å²) < 4.78 is 22.9. The van der Waals surface area contributed by atoms with E-state index in [1.165, 1.54) is 24.3 Å². The lowest BCUT2D eigenvalue weighted by atomic mass is 9.97. The van der Waals surface area contributed by atoms with Gasteiger partial charge in [-0.1, -0.05) is 19.9 Å². The molecule has 122 valence electrons. The lowest BCUT2D eigenvalue weighted by Gasteiger charge is -2.15. The van der Waals surface area contributed by atoms with Crippen LogP contribution in [0.15, 0.2) is 29.2 Å². The standard InChI is InChI=1S/C15H21NO5S/c1-10(2)7-12(15(18)19)9-16-14(17)11-5-4-6-13(8-11)22(3,20)21/h4-6,8,10,12H,7,9H2,1-3H3,(H,16,17)(H,18,19). The van der Waals surface area contributed by atoms with Gasteiger partial charge in [-0.2, -0.15) is 0 Å². The van der Waals surface area contributed by atoms with Crippen LogP contribution in [0.25, 0.3) is 0 Å². The minimum Gasteiger partial charge on any atom is -0.481 e. The number of aliphatic carboxylic acids is 1. The molecule has 0 spiro atoms. The summed E-state index contributed by atoms with van der Waals surface area (Å²) in [6.07, 6.45) is 1.52. The lowest BCUT2D eigenvalue weighted by Crippen LogP contribution is -2.33. The first-order valence-corrected chi connectivity index (χ1v) is 8.81. The van der Waals surface area contributed by atoms with Crippen LogP contribution in [-0.2, 0) is 14.6 Å².